The molecule has 6 nitrogen and oxygen atoms in total. The molecule has 0 radical (unpaired) electrons. The molecule has 0 unspecified atom stereocenters. The van der Waals surface area contributed by atoms with Gasteiger partial charge < -0.3 is 19.5 Å². The number of hydrogen-bond acceptors (Lipinski definition) is 5. The van der Waals surface area contributed by atoms with Crippen LogP contribution in [0.5, 0.6) is 11.5 Å². The summed E-state index contributed by atoms with van der Waals surface area (Å²) in [6.07, 6.45) is -0.238. The lowest BCUT2D eigenvalue weighted by Gasteiger charge is -2.18. The summed E-state index contributed by atoms with van der Waals surface area (Å²) in [5, 5.41) is 3.14. The maximum absolute atomic E-state index is 12.8. The average Bonchev–Trinajstić information content (AvgIpc) is 2.63. The number of amides is 1. The Morgan fingerprint density at radius 3 is 1.97 bits per heavy atom. The summed E-state index contributed by atoms with van der Waals surface area (Å²) in [5.41, 5.74) is 2.03. The van der Waals surface area contributed by atoms with Crippen molar-refractivity contribution in [1.29, 1.82) is 0 Å². The molecule has 1 amide bonds. The maximum Gasteiger partial charge on any atom is 0.338 e. The maximum atomic E-state index is 12.8. The van der Waals surface area contributed by atoms with Crippen molar-refractivity contribution >= 4 is 29.2 Å². The third-order valence-corrected chi connectivity index (χ3v) is 4.26. The molecule has 2 aromatic rings. The second-order valence-corrected chi connectivity index (χ2v) is 7.47. The highest BCUT2D eigenvalue weighted by atomic mass is 35.5. The number of ether oxygens (including phenoxy) is 3. The summed E-state index contributed by atoms with van der Waals surface area (Å²) in [6.45, 7) is 9.26. The summed E-state index contributed by atoms with van der Waals surface area (Å²) in [4.78, 5) is 24.6. The molecule has 0 heterocycles. The summed E-state index contributed by atoms with van der Waals surface area (Å²) < 4.78 is 16.2. The van der Waals surface area contributed by atoms with Crippen LogP contribution in [0.2, 0.25) is 5.02 Å². The number of rotatable bonds is 7. The van der Waals surface area contributed by atoms with E-state index in [2.05, 4.69) is 5.32 Å². The van der Waals surface area contributed by atoms with E-state index >= 15 is 0 Å². The molecular weight excluding hydrogens is 394 g/mol. The highest BCUT2D eigenvalue weighted by Gasteiger charge is 2.18. The number of anilines is 1. The summed E-state index contributed by atoms with van der Waals surface area (Å²) >= 11 is 6.39. The molecule has 0 aliphatic heterocycles. The molecule has 0 saturated carbocycles. The van der Waals surface area contributed by atoms with E-state index in [1.54, 1.807) is 37.3 Å². The molecule has 7 heteroatoms. The lowest BCUT2D eigenvalue weighted by Crippen LogP contribution is -2.15. The van der Waals surface area contributed by atoms with E-state index in [0.29, 0.717) is 38.9 Å². The van der Waals surface area contributed by atoms with Crippen LogP contribution in [0.1, 0.15) is 54.0 Å². The number of benzene rings is 2. The van der Waals surface area contributed by atoms with Crippen LogP contribution in [-0.2, 0) is 4.74 Å². The number of hydrogen-bond donors (Lipinski definition) is 1. The molecular formula is C22H26ClNO5. The lowest BCUT2D eigenvalue weighted by atomic mass is 10.1. The number of methoxy groups -OCH3 is 1. The molecule has 2 aromatic carbocycles. The number of aryl methyl sites for hydroxylation is 1. The zero-order valence-corrected chi connectivity index (χ0v) is 18.2. The van der Waals surface area contributed by atoms with Gasteiger partial charge in [-0.25, -0.2) is 4.79 Å². The van der Waals surface area contributed by atoms with Gasteiger partial charge in [0.15, 0.2) is 0 Å². The van der Waals surface area contributed by atoms with E-state index in [0.717, 1.165) is 0 Å². The smallest absolute Gasteiger partial charge is 0.338 e. The Kier molecular flexibility index (Phi) is 7.51. The van der Waals surface area contributed by atoms with Crippen LogP contribution >= 0.6 is 11.6 Å². The van der Waals surface area contributed by atoms with Gasteiger partial charge in [0.1, 0.15) is 16.5 Å². The van der Waals surface area contributed by atoms with Gasteiger partial charge in [0, 0.05) is 11.3 Å². The van der Waals surface area contributed by atoms with E-state index in [-0.39, 0.29) is 18.1 Å². The van der Waals surface area contributed by atoms with Crippen LogP contribution in [0.15, 0.2) is 30.3 Å². The van der Waals surface area contributed by atoms with Crippen LogP contribution < -0.4 is 14.8 Å². The van der Waals surface area contributed by atoms with Gasteiger partial charge in [-0.15, -0.1) is 0 Å². The molecule has 2 rings (SSSR count). The van der Waals surface area contributed by atoms with Crippen LogP contribution in [0.25, 0.3) is 0 Å². The van der Waals surface area contributed by atoms with Crippen molar-refractivity contribution in [2.24, 2.45) is 0 Å². The van der Waals surface area contributed by atoms with E-state index in [9.17, 15) is 9.59 Å². The van der Waals surface area contributed by atoms with Crippen molar-refractivity contribution in [2.75, 3.05) is 12.4 Å². The largest absolute Gasteiger partial charge is 0.489 e. The van der Waals surface area contributed by atoms with Gasteiger partial charge in [-0.05, 0) is 70.5 Å². The van der Waals surface area contributed by atoms with E-state index in [1.807, 2.05) is 27.7 Å². The average molecular weight is 420 g/mol. The summed E-state index contributed by atoms with van der Waals surface area (Å²) in [7, 11) is 1.33. The minimum absolute atomic E-state index is 0.119. The molecule has 0 saturated heterocycles. The van der Waals surface area contributed by atoms with E-state index in [4.69, 9.17) is 25.8 Å². The Morgan fingerprint density at radius 2 is 1.52 bits per heavy atom. The summed E-state index contributed by atoms with van der Waals surface area (Å²) in [5.74, 6) is -0.0255. The Balaban J connectivity index is 2.34. The highest BCUT2D eigenvalue weighted by molar-refractivity contribution is 6.33. The fourth-order valence-electron chi connectivity index (χ4n) is 2.67. The number of carbonyl (C=O) groups excluding carboxylic acids is 2. The first-order valence-electron chi connectivity index (χ1n) is 9.29. The van der Waals surface area contributed by atoms with Crippen LogP contribution in [0, 0.1) is 6.92 Å². The molecule has 1 N–H and O–H groups in total. The number of esters is 1. The predicted molar refractivity (Wildman–Crippen MR) is 113 cm³/mol. The molecule has 0 fully saturated rings. The van der Waals surface area contributed by atoms with Gasteiger partial charge in [0.2, 0.25) is 0 Å². The van der Waals surface area contributed by atoms with Crippen LogP contribution in [-0.4, -0.2) is 31.2 Å². The minimum atomic E-state index is -0.427. The van der Waals surface area contributed by atoms with Crippen LogP contribution in [0.3, 0.4) is 0 Å². The Hall–Kier alpha value is -2.73. The Bertz CT molecular complexity index is 877. The van der Waals surface area contributed by atoms with Crippen molar-refractivity contribution < 1.29 is 23.8 Å². The Labute approximate surface area is 176 Å². The van der Waals surface area contributed by atoms with Crippen molar-refractivity contribution in [1.82, 2.24) is 0 Å². The fourth-order valence-corrected chi connectivity index (χ4v) is 2.86. The predicted octanol–water partition coefficient (Wildman–Crippen LogP) is 5.26. The number of carbonyl (C=O) groups is 2. The van der Waals surface area contributed by atoms with Gasteiger partial charge in [0.25, 0.3) is 5.91 Å². The molecule has 29 heavy (non-hydrogen) atoms. The zero-order valence-electron chi connectivity index (χ0n) is 17.5. The molecule has 0 aliphatic carbocycles. The minimum Gasteiger partial charge on any atom is -0.489 e. The summed E-state index contributed by atoms with van der Waals surface area (Å²) in [6, 6.07) is 8.13. The van der Waals surface area contributed by atoms with Crippen molar-refractivity contribution in [3.8, 4) is 11.5 Å². The first kappa shape index (κ1) is 22.6. The standard InChI is InChI=1S/C22H26ClNO5/c1-12(2)28-18-10-15(11-19(20(18)23)29-13(3)4)21(25)24-16-7-8-17(14(5)9-16)22(26)27-6/h7-13H,1-6H3,(H,24,25). The van der Waals surface area contributed by atoms with Crippen molar-refractivity contribution in [3.05, 3.63) is 52.0 Å². The SMILES string of the molecule is COC(=O)c1ccc(NC(=O)c2cc(OC(C)C)c(Cl)c(OC(C)C)c2)cc1C. The molecule has 0 aromatic heterocycles. The van der Waals surface area contributed by atoms with Gasteiger partial charge >= 0.3 is 5.97 Å². The number of halogens is 1. The van der Waals surface area contributed by atoms with Crippen LogP contribution in [0.4, 0.5) is 5.69 Å². The van der Waals surface area contributed by atoms with Crippen molar-refractivity contribution in [3.63, 3.8) is 0 Å². The van der Waals surface area contributed by atoms with Gasteiger partial charge in [-0.1, -0.05) is 11.6 Å². The number of nitrogens with one attached hydrogen (secondary N) is 1. The molecule has 156 valence electrons. The fraction of sp³-hybridized carbons (Fsp3) is 0.364. The topological polar surface area (TPSA) is 73.9 Å². The third-order valence-electron chi connectivity index (χ3n) is 3.88. The van der Waals surface area contributed by atoms with Crippen molar-refractivity contribution in [2.45, 2.75) is 46.8 Å². The third kappa shape index (κ3) is 5.87. The quantitative estimate of drug-likeness (QED) is 0.619. The zero-order chi connectivity index (χ0) is 21.7. The normalized spacial score (nSPS) is 10.8. The first-order valence-corrected chi connectivity index (χ1v) is 9.67. The molecule has 0 atom stereocenters. The monoisotopic (exact) mass is 419 g/mol. The Morgan fingerprint density at radius 1 is 0.966 bits per heavy atom. The van der Waals surface area contributed by atoms with E-state index < -0.39 is 5.97 Å². The first-order chi connectivity index (χ1) is 13.6. The van der Waals surface area contributed by atoms with Gasteiger partial charge in [0.05, 0.1) is 24.9 Å². The van der Waals surface area contributed by atoms with Gasteiger partial charge in [-0.3, -0.25) is 4.79 Å². The second-order valence-electron chi connectivity index (χ2n) is 7.10. The lowest BCUT2D eigenvalue weighted by molar-refractivity contribution is 0.0600. The van der Waals surface area contributed by atoms with Gasteiger partial charge in [-0.2, -0.15) is 0 Å². The highest BCUT2D eigenvalue weighted by Crippen LogP contribution is 2.37. The molecule has 0 bridgehead atoms. The van der Waals surface area contributed by atoms with E-state index in [1.165, 1.54) is 7.11 Å². The molecule has 0 aliphatic rings. The molecule has 0 spiro atoms. The second kappa shape index (κ2) is 9.65.